The standard InChI is InChI=1S/C16H18N2O5S/c1-21-12-5-4-10(8-13(12)22-2)9-17-16(20)18-11-6-7-24-14(11)15(19)23-3/h4-8H,9H2,1-3H3,(H2,17,18,20). The van der Waals surface area contributed by atoms with Gasteiger partial charge in [-0.1, -0.05) is 6.07 Å². The van der Waals surface area contributed by atoms with Crippen LogP contribution in [0.5, 0.6) is 11.5 Å². The van der Waals surface area contributed by atoms with Gasteiger partial charge in [-0.25, -0.2) is 9.59 Å². The second kappa shape index (κ2) is 8.21. The van der Waals surface area contributed by atoms with Crippen LogP contribution < -0.4 is 20.1 Å². The Balaban J connectivity index is 1.97. The second-order valence-corrected chi connectivity index (χ2v) is 5.57. The molecule has 8 heteroatoms. The number of rotatable bonds is 6. The van der Waals surface area contributed by atoms with Crippen LogP contribution in [0.25, 0.3) is 0 Å². The lowest BCUT2D eigenvalue weighted by Crippen LogP contribution is -2.28. The van der Waals surface area contributed by atoms with Crippen LogP contribution in [0.4, 0.5) is 10.5 Å². The number of carbonyl (C=O) groups excluding carboxylic acids is 2. The molecule has 128 valence electrons. The first kappa shape index (κ1) is 17.6. The molecule has 0 saturated carbocycles. The van der Waals surface area contributed by atoms with Gasteiger partial charge >= 0.3 is 12.0 Å². The highest BCUT2D eigenvalue weighted by molar-refractivity contribution is 7.12. The van der Waals surface area contributed by atoms with Crippen LogP contribution in [0, 0.1) is 0 Å². The number of ether oxygens (including phenoxy) is 3. The maximum absolute atomic E-state index is 12.0. The van der Waals surface area contributed by atoms with Gasteiger partial charge in [0.15, 0.2) is 11.5 Å². The van der Waals surface area contributed by atoms with Crippen molar-refractivity contribution in [3.63, 3.8) is 0 Å². The first-order valence-corrected chi connectivity index (χ1v) is 7.88. The maximum Gasteiger partial charge on any atom is 0.350 e. The minimum absolute atomic E-state index is 0.296. The number of esters is 1. The molecule has 0 unspecified atom stereocenters. The van der Waals surface area contributed by atoms with E-state index >= 15 is 0 Å². The Morgan fingerprint density at radius 1 is 1.08 bits per heavy atom. The smallest absolute Gasteiger partial charge is 0.350 e. The van der Waals surface area contributed by atoms with E-state index in [0.717, 1.165) is 5.56 Å². The lowest BCUT2D eigenvalue weighted by molar-refractivity contribution is 0.0607. The average Bonchev–Trinajstić information content (AvgIpc) is 3.06. The Hall–Kier alpha value is -2.74. The van der Waals surface area contributed by atoms with Gasteiger partial charge in [0.05, 0.1) is 27.0 Å². The van der Waals surface area contributed by atoms with Gasteiger partial charge in [0.25, 0.3) is 0 Å². The number of benzene rings is 1. The van der Waals surface area contributed by atoms with Crippen LogP contribution in [0.1, 0.15) is 15.2 Å². The van der Waals surface area contributed by atoms with E-state index in [1.54, 1.807) is 37.8 Å². The Labute approximate surface area is 143 Å². The summed E-state index contributed by atoms with van der Waals surface area (Å²) < 4.78 is 15.1. The third-order valence-corrected chi connectivity index (χ3v) is 4.08. The molecule has 0 aliphatic carbocycles. The molecule has 0 aliphatic rings. The van der Waals surface area contributed by atoms with Gasteiger partial charge in [-0.2, -0.15) is 0 Å². The van der Waals surface area contributed by atoms with Gasteiger partial charge in [-0.3, -0.25) is 0 Å². The summed E-state index contributed by atoms with van der Waals surface area (Å²) in [6, 6.07) is 6.60. The number of urea groups is 1. The van der Waals surface area contributed by atoms with Gasteiger partial charge < -0.3 is 24.8 Å². The van der Waals surface area contributed by atoms with E-state index in [0.29, 0.717) is 28.6 Å². The summed E-state index contributed by atoms with van der Waals surface area (Å²) in [4.78, 5) is 23.9. The Bertz CT molecular complexity index is 729. The molecule has 7 nitrogen and oxygen atoms in total. The summed E-state index contributed by atoms with van der Waals surface area (Å²) in [5.74, 6) is 0.718. The van der Waals surface area contributed by atoms with Crippen LogP contribution in [0.3, 0.4) is 0 Å². The van der Waals surface area contributed by atoms with E-state index in [9.17, 15) is 9.59 Å². The van der Waals surface area contributed by atoms with Crippen molar-refractivity contribution >= 4 is 29.0 Å². The second-order valence-electron chi connectivity index (χ2n) is 4.65. The van der Waals surface area contributed by atoms with Gasteiger partial charge in [-0.05, 0) is 29.1 Å². The van der Waals surface area contributed by atoms with Crippen LogP contribution in [-0.2, 0) is 11.3 Å². The van der Waals surface area contributed by atoms with Gasteiger partial charge in [0, 0.05) is 6.54 Å². The molecule has 2 amide bonds. The topological polar surface area (TPSA) is 85.9 Å². The lowest BCUT2D eigenvalue weighted by atomic mass is 10.2. The summed E-state index contributed by atoms with van der Waals surface area (Å²) in [6.45, 7) is 0.296. The highest BCUT2D eigenvalue weighted by Gasteiger charge is 2.15. The highest BCUT2D eigenvalue weighted by Crippen LogP contribution is 2.27. The van der Waals surface area contributed by atoms with Crippen molar-refractivity contribution in [3.8, 4) is 11.5 Å². The molecule has 0 radical (unpaired) electrons. The maximum atomic E-state index is 12.0. The van der Waals surface area contributed by atoms with Crippen molar-refractivity contribution in [2.75, 3.05) is 26.6 Å². The van der Waals surface area contributed by atoms with Gasteiger partial charge in [-0.15, -0.1) is 11.3 Å². The number of carbonyl (C=O) groups is 2. The minimum Gasteiger partial charge on any atom is -0.493 e. The molecular weight excluding hydrogens is 332 g/mol. The van der Waals surface area contributed by atoms with Crippen LogP contribution >= 0.6 is 11.3 Å². The molecule has 0 bridgehead atoms. The predicted molar refractivity (Wildman–Crippen MR) is 91.1 cm³/mol. The number of thiophene rings is 1. The average molecular weight is 350 g/mol. The molecule has 0 saturated heterocycles. The van der Waals surface area contributed by atoms with Crippen molar-refractivity contribution in [2.45, 2.75) is 6.54 Å². The molecule has 0 fully saturated rings. The first-order valence-electron chi connectivity index (χ1n) is 7.00. The zero-order chi connectivity index (χ0) is 17.5. The largest absolute Gasteiger partial charge is 0.493 e. The van der Waals surface area contributed by atoms with E-state index in [1.165, 1.54) is 18.4 Å². The summed E-state index contributed by atoms with van der Waals surface area (Å²) >= 11 is 1.20. The van der Waals surface area contributed by atoms with Crippen molar-refractivity contribution in [1.29, 1.82) is 0 Å². The fourth-order valence-electron chi connectivity index (χ4n) is 2.00. The fourth-order valence-corrected chi connectivity index (χ4v) is 2.76. The molecule has 0 atom stereocenters. The normalized spacial score (nSPS) is 9.96. The van der Waals surface area contributed by atoms with E-state index < -0.39 is 12.0 Å². The summed E-state index contributed by atoms with van der Waals surface area (Å²) in [7, 11) is 4.40. The summed E-state index contributed by atoms with van der Waals surface area (Å²) in [6.07, 6.45) is 0. The Morgan fingerprint density at radius 3 is 2.50 bits per heavy atom. The van der Waals surface area contributed by atoms with Crippen LogP contribution in [-0.4, -0.2) is 33.3 Å². The molecule has 2 aromatic rings. The number of amides is 2. The number of methoxy groups -OCH3 is 3. The van der Waals surface area contributed by atoms with E-state index in [-0.39, 0.29) is 0 Å². The number of nitrogens with one attached hydrogen (secondary N) is 2. The van der Waals surface area contributed by atoms with Crippen molar-refractivity contribution in [1.82, 2.24) is 5.32 Å². The van der Waals surface area contributed by atoms with Crippen molar-refractivity contribution in [2.24, 2.45) is 0 Å². The molecular formula is C16H18N2O5S. The lowest BCUT2D eigenvalue weighted by Gasteiger charge is -2.11. The number of anilines is 1. The fraction of sp³-hybridized carbons (Fsp3) is 0.250. The van der Waals surface area contributed by atoms with Gasteiger partial charge in [0.2, 0.25) is 0 Å². The van der Waals surface area contributed by atoms with E-state index in [2.05, 4.69) is 15.4 Å². The minimum atomic E-state index is -0.486. The molecule has 1 aromatic carbocycles. The zero-order valence-electron chi connectivity index (χ0n) is 13.5. The Morgan fingerprint density at radius 2 is 1.83 bits per heavy atom. The van der Waals surface area contributed by atoms with Crippen molar-refractivity contribution < 1.29 is 23.8 Å². The zero-order valence-corrected chi connectivity index (χ0v) is 14.4. The molecule has 0 aliphatic heterocycles. The first-order chi connectivity index (χ1) is 11.6. The Kier molecular flexibility index (Phi) is 6.02. The summed E-state index contributed by atoms with van der Waals surface area (Å²) in [5.41, 5.74) is 1.26. The quantitative estimate of drug-likeness (QED) is 0.783. The SMILES string of the molecule is COC(=O)c1sccc1NC(=O)NCc1ccc(OC)c(OC)c1. The predicted octanol–water partition coefficient (Wildman–Crippen LogP) is 2.87. The third kappa shape index (κ3) is 4.17. The molecule has 24 heavy (non-hydrogen) atoms. The molecule has 2 N–H and O–H groups in total. The van der Waals surface area contributed by atoms with E-state index in [1.807, 2.05) is 6.07 Å². The van der Waals surface area contributed by atoms with Crippen LogP contribution in [0.2, 0.25) is 0 Å². The van der Waals surface area contributed by atoms with Crippen LogP contribution in [0.15, 0.2) is 29.6 Å². The third-order valence-electron chi connectivity index (χ3n) is 3.19. The van der Waals surface area contributed by atoms with Gasteiger partial charge in [0.1, 0.15) is 4.88 Å². The monoisotopic (exact) mass is 350 g/mol. The number of hydrogen-bond donors (Lipinski definition) is 2. The summed E-state index contributed by atoms with van der Waals surface area (Å²) in [5, 5.41) is 7.05. The molecule has 1 aromatic heterocycles. The number of hydrogen-bond acceptors (Lipinski definition) is 6. The van der Waals surface area contributed by atoms with Crippen molar-refractivity contribution in [3.05, 3.63) is 40.1 Å². The molecule has 2 rings (SSSR count). The van der Waals surface area contributed by atoms with E-state index in [4.69, 9.17) is 9.47 Å². The molecule has 1 heterocycles. The highest BCUT2D eigenvalue weighted by atomic mass is 32.1. The molecule has 0 spiro atoms.